The highest BCUT2D eigenvalue weighted by atomic mass is 79.9. The summed E-state index contributed by atoms with van der Waals surface area (Å²) in [5.74, 6) is -0.829. The molecule has 108 valence electrons. The van der Waals surface area contributed by atoms with E-state index >= 15 is 0 Å². The second kappa shape index (κ2) is 5.67. The van der Waals surface area contributed by atoms with Gasteiger partial charge in [-0.3, -0.25) is 4.72 Å². The molecule has 1 aromatic carbocycles. The molecule has 0 bridgehead atoms. The average molecular weight is 371 g/mol. The zero-order valence-electron chi connectivity index (χ0n) is 10.3. The molecule has 1 heterocycles. The largest absolute Gasteiger partial charge is 0.383 e. The fourth-order valence-corrected chi connectivity index (χ4v) is 3.21. The number of aromatic nitrogens is 1. The van der Waals surface area contributed by atoms with Crippen LogP contribution in [0.5, 0.6) is 0 Å². The van der Waals surface area contributed by atoms with Crippen molar-refractivity contribution in [2.75, 3.05) is 10.5 Å². The minimum absolute atomic E-state index is 0.0433. The predicted octanol–water partition coefficient (Wildman–Crippen LogP) is 2.24. The van der Waals surface area contributed by atoms with Crippen LogP contribution in [-0.4, -0.2) is 13.4 Å². The van der Waals surface area contributed by atoms with Gasteiger partial charge in [0.05, 0.1) is 11.3 Å². The monoisotopic (exact) mass is 370 g/mol. The third-order valence-corrected chi connectivity index (χ3v) is 4.31. The molecule has 1 aromatic heterocycles. The first-order chi connectivity index (χ1) is 9.83. The van der Waals surface area contributed by atoms with Crippen molar-refractivity contribution in [1.29, 1.82) is 5.26 Å². The van der Waals surface area contributed by atoms with Crippen LogP contribution in [0.1, 0.15) is 5.56 Å². The summed E-state index contributed by atoms with van der Waals surface area (Å²) in [6.07, 6.45) is 1.35. The Morgan fingerprint density at radius 2 is 2.10 bits per heavy atom. The van der Waals surface area contributed by atoms with E-state index in [9.17, 15) is 12.8 Å². The summed E-state index contributed by atoms with van der Waals surface area (Å²) in [5, 5.41) is 8.91. The molecule has 2 rings (SSSR count). The lowest BCUT2D eigenvalue weighted by Crippen LogP contribution is -2.16. The Kier molecular flexibility index (Phi) is 4.11. The van der Waals surface area contributed by atoms with Crippen LogP contribution in [0.15, 0.2) is 39.8 Å². The number of halogens is 2. The second-order valence-electron chi connectivity index (χ2n) is 3.94. The number of pyridine rings is 1. The van der Waals surface area contributed by atoms with E-state index in [-0.39, 0.29) is 22.0 Å². The summed E-state index contributed by atoms with van der Waals surface area (Å²) in [6.45, 7) is 0. The van der Waals surface area contributed by atoms with E-state index in [4.69, 9.17) is 11.0 Å². The zero-order valence-corrected chi connectivity index (χ0v) is 12.7. The first-order valence-electron chi connectivity index (χ1n) is 5.47. The fourth-order valence-electron chi connectivity index (χ4n) is 1.54. The smallest absolute Gasteiger partial charge is 0.265 e. The summed E-state index contributed by atoms with van der Waals surface area (Å²) in [4.78, 5) is 3.48. The van der Waals surface area contributed by atoms with Gasteiger partial charge in [-0.25, -0.2) is 17.8 Å². The van der Waals surface area contributed by atoms with Crippen LogP contribution in [0.3, 0.4) is 0 Å². The van der Waals surface area contributed by atoms with E-state index in [0.29, 0.717) is 4.47 Å². The topological polar surface area (TPSA) is 109 Å². The molecule has 9 heteroatoms. The summed E-state index contributed by atoms with van der Waals surface area (Å²) < 4.78 is 40.2. The van der Waals surface area contributed by atoms with Crippen molar-refractivity contribution in [3.63, 3.8) is 0 Å². The van der Waals surface area contributed by atoms with Crippen LogP contribution in [0.4, 0.5) is 15.9 Å². The van der Waals surface area contributed by atoms with Gasteiger partial charge in [0.15, 0.2) is 0 Å². The lowest BCUT2D eigenvalue weighted by molar-refractivity contribution is 0.601. The number of benzene rings is 1. The number of nitrogens with zero attached hydrogens (tertiary/aromatic N) is 2. The Labute approximate surface area is 128 Å². The maximum atomic E-state index is 13.0. The standard InChI is InChI=1S/C12H8BrFN4O2S/c13-8-4-11(12(16)17-6-8)21(19,20)18-10-2-1-9(14)3-7(10)5-15/h1-4,6,18H,(H2,16,17). The molecule has 2 aromatic rings. The van der Waals surface area contributed by atoms with Crippen molar-refractivity contribution in [2.45, 2.75) is 4.90 Å². The Hall–Kier alpha value is -2.18. The Bertz CT molecular complexity index is 849. The van der Waals surface area contributed by atoms with Gasteiger partial charge >= 0.3 is 0 Å². The van der Waals surface area contributed by atoms with Crippen molar-refractivity contribution in [3.05, 3.63) is 46.3 Å². The van der Waals surface area contributed by atoms with E-state index in [1.165, 1.54) is 12.3 Å². The molecule has 6 nitrogen and oxygen atoms in total. The van der Waals surface area contributed by atoms with Crippen molar-refractivity contribution < 1.29 is 12.8 Å². The van der Waals surface area contributed by atoms with Gasteiger partial charge in [-0.1, -0.05) is 0 Å². The number of rotatable bonds is 3. The Morgan fingerprint density at radius 1 is 1.38 bits per heavy atom. The number of nitrogens with one attached hydrogen (secondary N) is 1. The van der Waals surface area contributed by atoms with E-state index in [1.54, 1.807) is 6.07 Å². The van der Waals surface area contributed by atoms with Crippen molar-refractivity contribution in [2.24, 2.45) is 0 Å². The van der Waals surface area contributed by atoms with Crippen molar-refractivity contribution in [3.8, 4) is 6.07 Å². The first kappa shape index (κ1) is 15.2. The lowest BCUT2D eigenvalue weighted by Gasteiger charge is -2.11. The number of sulfonamides is 1. The van der Waals surface area contributed by atoms with Crippen LogP contribution in [0.2, 0.25) is 0 Å². The molecule has 0 fully saturated rings. The van der Waals surface area contributed by atoms with Gasteiger partial charge in [-0.2, -0.15) is 5.26 Å². The minimum Gasteiger partial charge on any atom is -0.383 e. The predicted molar refractivity (Wildman–Crippen MR) is 78.3 cm³/mol. The van der Waals surface area contributed by atoms with Crippen LogP contribution in [-0.2, 0) is 10.0 Å². The number of nitrogens with two attached hydrogens (primary N) is 1. The van der Waals surface area contributed by atoms with Gasteiger partial charge in [0.2, 0.25) is 0 Å². The van der Waals surface area contributed by atoms with Crippen molar-refractivity contribution in [1.82, 2.24) is 4.98 Å². The lowest BCUT2D eigenvalue weighted by atomic mass is 10.2. The fraction of sp³-hybridized carbons (Fsp3) is 0. The molecule has 0 aliphatic carbocycles. The molecule has 21 heavy (non-hydrogen) atoms. The maximum Gasteiger partial charge on any atom is 0.265 e. The highest BCUT2D eigenvalue weighted by Crippen LogP contribution is 2.25. The molecule has 0 unspecified atom stereocenters. The number of nitrogen functional groups attached to an aromatic ring is 1. The van der Waals surface area contributed by atoms with Gasteiger partial charge in [0, 0.05) is 10.7 Å². The Balaban J connectivity index is 2.48. The van der Waals surface area contributed by atoms with Crippen molar-refractivity contribution >= 4 is 37.5 Å². The third kappa shape index (κ3) is 3.29. The van der Waals surface area contributed by atoms with E-state index in [1.807, 2.05) is 0 Å². The molecule has 0 saturated heterocycles. The third-order valence-electron chi connectivity index (χ3n) is 2.48. The minimum atomic E-state index is -4.05. The van der Waals surface area contributed by atoms with Crippen LogP contribution in [0, 0.1) is 17.1 Å². The molecule has 0 aliphatic rings. The maximum absolute atomic E-state index is 13.0. The molecule has 0 amide bonds. The van der Waals surface area contributed by atoms with Gasteiger partial charge < -0.3 is 5.73 Å². The molecular formula is C12H8BrFN4O2S. The zero-order chi connectivity index (χ0) is 15.6. The van der Waals surface area contributed by atoms with Gasteiger partial charge in [0.25, 0.3) is 10.0 Å². The van der Waals surface area contributed by atoms with Crippen LogP contribution in [0.25, 0.3) is 0 Å². The van der Waals surface area contributed by atoms with E-state index < -0.39 is 15.8 Å². The molecule has 0 radical (unpaired) electrons. The number of hydrogen-bond acceptors (Lipinski definition) is 5. The average Bonchev–Trinajstić information content (AvgIpc) is 2.43. The van der Waals surface area contributed by atoms with Gasteiger partial charge in [-0.05, 0) is 40.2 Å². The molecule has 3 N–H and O–H groups in total. The molecule has 0 spiro atoms. The summed E-state index contributed by atoms with van der Waals surface area (Å²) in [5.41, 5.74) is 5.37. The van der Waals surface area contributed by atoms with Crippen LogP contribution >= 0.6 is 15.9 Å². The SMILES string of the molecule is N#Cc1cc(F)ccc1NS(=O)(=O)c1cc(Br)cnc1N. The van der Waals surface area contributed by atoms with E-state index in [2.05, 4.69) is 25.6 Å². The van der Waals surface area contributed by atoms with Crippen LogP contribution < -0.4 is 10.5 Å². The number of nitriles is 1. The molecular weight excluding hydrogens is 363 g/mol. The second-order valence-corrected chi connectivity index (χ2v) is 6.51. The summed E-state index contributed by atoms with van der Waals surface area (Å²) >= 11 is 3.10. The summed E-state index contributed by atoms with van der Waals surface area (Å²) in [7, 11) is -4.05. The van der Waals surface area contributed by atoms with E-state index in [0.717, 1.165) is 18.2 Å². The molecule has 0 atom stereocenters. The first-order valence-corrected chi connectivity index (χ1v) is 7.74. The summed E-state index contributed by atoms with van der Waals surface area (Å²) in [6, 6.07) is 6.12. The molecule has 0 saturated carbocycles. The normalized spacial score (nSPS) is 10.9. The highest BCUT2D eigenvalue weighted by Gasteiger charge is 2.20. The Morgan fingerprint density at radius 3 is 2.76 bits per heavy atom. The number of hydrogen-bond donors (Lipinski definition) is 2. The quantitative estimate of drug-likeness (QED) is 0.860. The van der Waals surface area contributed by atoms with Gasteiger partial charge in [0.1, 0.15) is 22.6 Å². The van der Waals surface area contributed by atoms with Gasteiger partial charge in [-0.15, -0.1) is 0 Å². The number of anilines is 2. The molecule has 0 aliphatic heterocycles. The highest BCUT2D eigenvalue weighted by molar-refractivity contribution is 9.10.